The number of hydrogen-bond donors (Lipinski definition) is 2. The molecule has 2 aromatic carbocycles. The molecule has 0 fully saturated rings. The Morgan fingerprint density at radius 1 is 1.18 bits per heavy atom. The van der Waals surface area contributed by atoms with E-state index in [4.69, 9.17) is 9.94 Å². The van der Waals surface area contributed by atoms with E-state index in [0.29, 0.717) is 22.4 Å². The predicted molar refractivity (Wildman–Crippen MR) is 121 cm³/mol. The zero-order valence-electron chi connectivity index (χ0n) is 17.5. The molecule has 0 radical (unpaired) electrons. The number of carbonyl (C=O) groups excluding carboxylic acids is 1. The van der Waals surface area contributed by atoms with Crippen LogP contribution in [0.4, 0.5) is 5.69 Å². The highest BCUT2D eigenvalue weighted by atomic mass is 32.2. The van der Waals surface area contributed by atoms with E-state index in [2.05, 4.69) is 4.98 Å². The van der Waals surface area contributed by atoms with E-state index in [0.717, 1.165) is 4.31 Å². The minimum absolute atomic E-state index is 0.00774. The third-order valence-corrected chi connectivity index (χ3v) is 6.45. The molecule has 2 N–H and O–H groups in total. The number of nitrogens with zero attached hydrogens (tertiary/aromatic N) is 3. The minimum Gasteiger partial charge on any atom is -0.497 e. The molecule has 1 amide bonds. The third kappa shape index (κ3) is 5.35. The van der Waals surface area contributed by atoms with Gasteiger partial charge in [-0.25, -0.2) is 13.9 Å². The van der Waals surface area contributed by atoms with Crippen LogP contribution in [0.3, 0.4) is 0 Å². The van der Waals surface area contributed by atoms with Gasteiger partial charge in [0.25, 0.3) is 15.9 Å². The zero-order valence-corrected chi connectivity index (χ0v) is 18.4. The number of pyridine rings is 1. The van der Waals surface area contributed by atoms with Crippen LogP contribution in [0.25, 0.3) is 5.57 Å². The summed E-state index contributed by atoms with van der Waals surface area (Å²) in [6, 6.07) is 17.5. The largest absolute Gasteiger partial charge is 0.497 e. The first-order chi connectivity index (χ1) is 15.9. The van der Waals surface area contributed by atoms with Crippen molar-refractivity contribution in [3.63, 3.8) is 0 Å². The fraction of sp³-hybridized carbons (Fsp3) is 0.0870. The second-order valence-corrected chi connectivity index (χ2v) is 8.53. The summed E-state index contributed by atoms with van der Waals surface area (Å²) in [6.45, 7) is -0.430. The van der Waals surface area contributed by atoms with E-state index in [9.17, 15) is 18.5 Å². The number of sulfonamides is 1. The number of benzene rings is 2. The summed E-state index contributed by atoms with van der Waals surface area (Å²) in [5.74, 6) is -0.268. The summed E-state index contributed by atoms with van der Waals surface area (Å²) >= 11 is 0. The van der Waals surface area contributed by atoms with E-state index in [1.165, 1.54) is 43.6 Å². The quantitative estimate of drug-likeness (QED) is 0.227. The first-order valence-electron chi connectivity index (χ1n) is 9.61. The zero-order chi connectivity index (χ0) is 23.8. The number of anilines is 1. The van der Waals surface area contributed by atoms with Crippen LogP contribution in [0.5, 0.6) is 5.75 Å². The van der Waals surface area contributed by atoms with Crippen molar-refractivity contribution in [2.24, 2.45) is 0 Å². The average molecular weight is 465 g/mol. The van der Waals surface area contributed by atoms with Gasteiger partial charge in [0.1, 0.15) is 12.3 Å². The Bertz CT molecular complexity index is 1300. The molecule has 0 spiro atoms. The Labute approximate surface area is 191 Å². The van der Waals surface area contributed by atoms with Crippen LogP contribution in [-0.4, -0.2) is 38.2 Å². The second kappa shape index (κ2) is 10.4. The van der Waals surface area contributed by atoms with Crippen LogP contribution >= 0.6 is 0 Å². The highest BCUT2D eigenvalue weighted by Gasteiger charge is 2.25. The molecule has 168 valence electrons. The van der Waals surface area contributed by atoms with Gasteiger partial charge in [-0.3, -0.25) is 19.3 Å². The predicted octanol–water partition coefficient (Wildman–Crippen LogP) is 2.75. The lowest BCUT2D eigenvalue weighted by atomic mass is 9.98. The summed E-state index contributed by atoms with van der Waals surface area (Å²) in [7, 11) is -2.60. The van der Waals surface area contributed by atoms with Crippen LogP contribution in [0.15, 0.2) is 84.0 Å². The Morgan fingerprint density at radius 2 is 1.91 bits per heavy atom. The van der Waals surface area contributed by atoms with Crippen LogP contribution < -0.4 is 14.5 Å². The molecule has 0 saturated carbocycles. The summed E-state index contributed by atoms with van der Waals surface area (Å²) in [4.78, 5) is 15.9. The third-order valence-electron chi connectivity index (χ3n) is 4.67. The number of amides is 1. The van der Waals surface area contributed by atoms with Gasteiger partial charge in [-0.1, -0.05) is 18.2 Å². The number of rotatable bonds is 8. The topological polar surface area (TPSA) is 133 Å². The number of methoxy groups -OCH3 is 1. The molecule has 33 heavy (non-hydrogen) atoms. The first-order valence-corrected chi connectivity index (χ1v) is 11.0. The summed E-state index contributed by atoms with van der Waals surface area (Å²) in [5.41, 5.74) is 3.23. The van der Waals surface area contributed by atoms with Gasteiger partial charge in [-0.05, 0) is 53.6 Å². The lowest BCUT2D eigenvalue weighted by Gasteiger charge is -2.23. The van der Waals surface area contributed by atoms with Crippen molar-refractivity contribution < 1.29 is 23.2 Å². The number of hydroxylamine groups is 1. The number of carbonyl (C=O) groups is 1. The second-order valence-electron chi connectivity index (χ2n) is 6.67. The fourth-order valence-corrected chi connectivity index (χ4v) is 4.45. The summed E-state index contributed by atoms with van der Waals surface area (Å²) < 4.78 is 32.7. The maximum absolute atomic E-state index is 13.3. The number of hydrogen-bond acceptors (Lipinski definition) is 7. The van der Waals surface area contributed by atoms with Gasteiger partial charge in [0.2, 0.25) is 0 Å². The van der Waals surface area contributed by atoms with Gasteiger partial charge < -0.3 is 4.74 Å². The molecule has 3 aromatic rings. The van der Waals surface area contributed by atoms with E-state index < -0.39 is 22.5 Å². The van der Waals surface area contributed by atoms with Crippen molar-refractivity contribution in [1.82, 2.24) is 10.5 Å². The van der Waals surface area contributed by atoms with Crippen LogP contribution in [0, 0.1) is 11.3 Å². The number of aromatic nitrogens is 1. The number of nitriles is 1. The first kappa shape index (κ1) is 23.5. The molecule has 10 heteroatoms. The van der Waals surface area contributed by atoms with Crippen molar-refractivity contribution >= 4 is 27.2 Å². The minimum atomic E-state index is -4.07. The van der Waals surface area contributed by atoms with Gasteiger partial charge in [0.15, 0.2) is 0 Å². The lowest BCUT2D eigenvalue weighted by Crippen LogP contribution is -2.31. The fourth-order valence-electron chi connectivity index (χ4n) is 3.10. The normalized spacial score (nSPS) is 11.4. The van der Waals surface area contributed by atoms with Crippen molar-refractivity contribution in [3.05, 3.63) is 90.3 Å². The van der Waals surface area contributed by atoms with Crippen molar-refractivity contribution in [1.29, 1.82) is 5.26 Å². The van der Waals surface area contributed by atoms with E-state index in [-0.39, 0.29) is 10.6 Å². The summed E-state index contributed by atoms with van der Waals surface area (Å²) in [5, 5.41) is 18.3. The monoisotopic (exact) mass is 464 g/mol. The van der Waals surface area contributed by atoms with Crippen LogP contribution in [-0.2, 0) is 14.8 Å². The Balaban J connectivity index is 2.10. The molecule has 0 aliphatic rings. The molecular formula is C23H20N4O5S. The van der Waals surface area contributed by atoms with Gasteiger partial charge in [0, 0.05) is 24.0 Å². The van der Waals surface area contributed by atoms with Gasteiger partial charge in [-0.2, -0.15) is 5.26 Å². The number of nitrogens with one attached hydrogen (secondary N) is 1. The Morgan fingerprint density at radius 3 is 2.52 bits per heavy atom. The Kier molecular flexibility index (Phi) is 7.40. The standard InChI is InChI=1S/C23H20N4O5S/c1-32-20-7-9-21(10-8-20)33(30,31)27(13-11-24)19-6-2-4-17(14-19)22(15-23(28)26-29)18-5-3-12-25-16-18/h2-10,12,14-16,29H,13H2,1H3,(H,26,28)/b22-15+. The molecule has 0 atom stereocenters. The van der Waals surface area contributed by atoms with Crippen molar-refractivity contribution in [2.45, 2.75) is 4.90 Å². The van der Waals surface area contributed by atoms with Gasteiger partial charge >= 0.3 is 0 Å². The lowest BCUT2D eigenvalue weighted by molar-refractivity contribution is -0.124. The van der Waals surface area contributed by atoms with Crippen LogP contribution in [0.1, 0.15) is 11.1 Å². The Hall–Kier alpha value is -4.20. The molecule has 9 nitrogen and oxygen atoms in total. The average Bonchev–Trinajstić information content (AvgIpc) is 2.86. The molecule has 0 aliphatic carbocycles. The number of ether oxygens (including phenoxy) is 1. The SMILES string of the molecule is COc1ccc(S(=O)(=O)N(CC#N)c2cccc(/C(=C\C(=O)NO)c3cccnc3)c2)cc1. The molecule has 0 saturated heterocycles. The maximum atomic E-state index is 13.3. The maximum Gasteiger partial charge on any atom is 0.267 e. The molecule has 0 aliphatic heterocycles. The summed E-state index contributed by atoms with van der Waals surface area (Å²) in [6.07, 6.45) is 4.27. The highest BCUT2D eigenvalue weighted by Crippen LogP contribution is 2.30. The molecule has 0 unspecified atom stereocenters. The highest BCUT2D eigenvalue weighted by molar-refractivity contribution is 7.92. The van der Waals surface area contributed by atoms with E-state index in [1.54, 1.807) is 48.1 Å². The van der Waals surface area contributed by atoms with Crippen molar-refractivity contribution in [3.8, 4) is 11.8 Å². The van der Waals surface area contributed by atoms with Crippen molar-refractivity contribution in [2.75, 3.05) is 18.0 Å². The smallest absolute Gasteiger partial charge is 0.267 e. The van der Waals surface area contributed by atoms with Gasteiger partial charge in [-0.15, -0.1) is 0 Å². The molecule has 0 bridgehead atoms. The van der Waals surface area contributed by atoms with E-state index in [1.807, 2.05) is 6.07 Å². The molecule has 3 rings (SSSR count). The molecular weight excluding hydrogens is 444 g/mol. The van der Waals surface area contributed by atoms with Gasteiger partial charge in [0.05, 0.1) is 23.8 Å². The van der Waals surface area contributed by atoms with E-state index >= 15 is 0 Å². The van der Waals surface area contributed by atoms with Crippen LogP contribution in [0.2, 0.25) is 0 Å². The molecule has 1 heterocycles. The molecule has 1 aromatic heterocycles.